The van der Waals surface area contributed by atoms with Gasteiger partial charge < -0.3 is 31.9 Å². The highest BCUT2D eigenvalue weighted by Crippen LogP contribution is 2.44. The maximum atomic E-state index is 14.9. The highest BCUT2D eigenvalue weighted by atomic mass is 16.1. The zero-order valence-electron chi connectivity index (χ0n) is 37.7. The number of carbonyl (C=O) groups excluding carboxylic acids is 4. The minimum atomic E-state index is -0.416. The second kappa shape index (κ2) is 20.5. The number of anilines is 8. The van der Waals surface area contributed by atoms with E-state index in [1.165, 1.54) is 0 Å². The molecule has 0 amide bonds. The fraction of sp³-hybridized carbons (Fsp3) is 0.320. The van der Waals surface area contributed by atoms with Gasteiger partial charge in [0.05, 0.1) is 22.5 Å². The molecule has 2 aliphatic carbocycles. The van der Waals surface area contributed by atoms with Gasteiger partial charge in [-0.05, 0) is 48.9 Å². The van der Waals surface area contributed by atoms with Gasteiger partial charge in [0.25, 0.3) is 0 Å². The number of benzene rings is 4. The van der Waals surface area contributed by atoms with Gasteiger partial charge in [0.15, 0.2) is 23.1 Å². The van der Waals surface area contributed by atoms with E-state index in [2.05, 4.69) is 89.5 Å². The molecule has 0 aliphatic heterocycles. The average molecular weight is 887 g/mol. The summed E-state index contributed by atoms with van der Waals surface area (Å²) >= 11 is 0. The van der Waals surface area contributed by atoms with E-state index in [-0.39, 0.29) is 67.8 Å². The largest absolute Gasteiger partial charge is 0.354 e. The second-order valence-corrected chi connectivity index (χ2v) is 16.2. The lowest BCUT2D eigenvalue weighted by Crippen LogP contribution is -2.25. The van der Waals surface area contributed by atoms with Crippen molar-refractivity contribution in [1.82, 2.24) is 29.9 Å². The Bertz CT molecular complexity index is 2580. The van der Waals surface area contributed by atoms with Gasteiger partial charge in [-0.2, -0.15) is 29.9 Å². The van der Waals surface area contributed by atoms with Crippen molar-refractivity contribution in [3.63, 3.8) is 0 Å². The van der Waals surface area contributed by atoms with E-state index >= 15 is 0 Å². The maximum absolute atomic E-state index is 14.9. The molecule has 66 heavy (non-hydrogen) atoms. The molecule has 16 heteroatoms. The van der Waals surface area contributed by atoms with E-state index in [1.807, 2.05) is 0 Å². The summed E-state index contributed by atoms with van der Waals surface area (Å²) in [7, 11) is 0. The fourth-order valence-corrected chi connectivity index (χ4v) is 8.03. The van der Waals surface area contributed by atoms with Gasteiger partial charge in [-0.25, -0.2) is 0 Å². The minimum Gasteiger partial charge on any atom is -0.354 e. The Morgan fingerprint density at radius 2 is 0.606 bits per heavy atom. The molecular formula is C50H54N12O4. The zero-order chi connectivity index (χ0) is 46.2. The van der Waals surface area contributed by atoms with Crippen LogP contribution in [0.4, 0.5) is 47.1 Å². The van der Waals surface area contributed by atoms with Crippen molar-refractivity contribution in [2.45, 2.75) is 79.1 Å². The van der Waals surface area contributed by atoms with Gasteiger partial charge in [0, 0.05) is 59.6 Å². The Hall–Kier alpha value is -7.62. The number of nitrogens with zero attached hydrogens (tertiary/aromatic N) is 6. The van der Waals surface area contributed by atoms with Crippen LogP contribution < -0.4 is 31.9 Å². The minimum absolute atomic E-state index is 0.0745. The lowest BCUT2D eigenvalue weighted by molar-refractivity contribution is 0.0978. The number of fused-ring (bicyclic) bond motifs is 4. The molecule has 6 N–H and O–H groups in total. The van der Waals surface area contributed by atoms with Crippen LogP contribution in [0.25, 0.3) is 11.1 Å². The molecule has 0 bridgehead atoms. The molecule has 2 heterocycles. The van der Waals surface area contributed by atoms with Crippen molar-refractivity contribution in [2.75, 3.05) is 58.1 Å². The molecule has 338 valence electrons. The average Bonchev–Trinajstić information content (AvgIpc) is 3.32. The zero-order valence-corrected chi connectivity index (χ0v) is 37.7. The van der Waals surface area contributed by atoms with Crippen LogP contribution in [0.1, 0.15) is 143 Å². The normalized spacial score (nSPS) is 12.5. The smallest absolute Gasteiger partial charge is 0.233 e. The molecule has 0 radical (unpaired) electrons. The monoisotopic (exact) mass is 886 g/mol. The molecule has 6 aromatic rings. The molecular weight excluding hydrogens is 833 g/mol. The van der Waals surface area contributed by atoms with Crippen LogP contribution in [0.2, 0.25) is 0 Å². The third-order valence-corrected chi connectivity index (χ3v) is 11.5. The van der Waals surface area contributed by atoms with E-state index < -0.39 is 23.1 Å². The molecule has 0 fully saturated rings. The second-order valence-electron chi connectivity index (χ2n) is 16.2. The van der Waals surface area contributed by atoms with Crippen LogP contribution in [0, 0.1) is 0 Å². The van der Waals surface area contributed by atoms with Crippen molar-refractivity contribution in [2.24, 2.45) is 0 Å². The van der Waals surface area contributed by atoms with Crippen molar-refractivity contribution in [1.29, 1.82) is 0 Å². The molecule has 2 aliphatic rings. The Labute approximate surface area is 383 Å². The van der Waals surface area contributed by atoms with Gasteiger partial charge in [-0.1, -0.05) is 114 Å². The first-order chi connectivity index (χ1) is 32.2. The van der Waals surface area contributed by atoms with Crippen molar-refractivity contribution in [3.05, 3.63) is 117 Å². The Balaban J connectivity index is 1.28. The number of nitrogens with one attached hydrogen (secondary N) is 6. The third kappa shape index (κ3) is 9.30. The van der Waals surface area contributed by atoms with E-state index in [1.54, 1.807) is 72.8 Å². The summed E-state index contributed by atoms with van der Waals surface area (Å²) in [6.45, 7) is 11.0. The Morgan fingerprint density at radius 1 is 0.333 bits per heavy atom. The molecule has 0 saturated heterocycles. The van der Waals surface area contributed by atoms with Crippen molar-refractivity contribution in [3.8, 4) is 11.1 Å². The van der Waals surface area contributed by atoms with Crippen LogP contribution in [0.15, 0.2) is 72.8 Å². The van der Waals surface area contributed by atoms with Crippen LogP contribution in [0.3, 0.4) is 0 Å². The van der Waals surface area contributed by atoms with E-state index in [0.717, 1.165) is 51.4 Å². The number of hydrogen-bond donors (Lipinski definition) is 6. The lowest BCUT2D eigenvalue weighted by Gasteiger charge is -2.26. The highest BCUT2D eigenvalue weighted by Gasteiger charge is 2.38. The molecule has 16 nitrogen and oxygen atoms in total. The van der Waals surface area contributed by atoms with Crippen LogP contribution >= 0.6 is 0 Å². The van der Waals surface area contributed by atoms with Crippen LogP contribution in [0.5, 0.6) is 0 Å². The number of hydrogen-bond acceptors (Lipinski definition) is 16. The summed E-state index contributed by atoms with van der Waals surface area (Å²) in [5.74, 6) is 0.103. The molecule has 8 rings (SSSR count). The number of ketones is 4. The standard InChI is InChI=1S/C50H54N12O4/c1-5-9-25-51-45-57-46(52-26-10-6-2)60-49(59-45)55-35-23-21-29(37-39(35)43(65)33-19-15-13-17-31(33)41(37)63)30-22-24-36(40-38(30)42(64)32-18-14-16-20-34(32)44(40)66)56-50-61-47(53-27-11-7-3)58-48(62-50)54-28-12-8-4/h13-24H,5-12,25-28H2,1-4H3,(H3,51,52,55,57,59,60)(H3,53,54,56,58,61,62). The quantitative estimate of drug-likeness (QED) is 0.0370. The van der Waals surface area contributed by atoms with Gasteiger partial charge in [-0.15, -0.1) is 0 Å². The number of aromatic nitrogens is 6. The lowest BCUT2D eigenvalue weighted by atomic mass is 9.75. The summed E-state index contributed by atoms with van der Waals surface area (Å²) in [6.07, 6.45) is 7.54. The van der Waals surface area contributed by atoms with E-state index in [0.29, 0.717) is 61.1 Å². The first-order valence-electron chi connectivity index (χ1n) is 23.0. The molecule has 0 saturated carbocycles. The Morgan fingerprint density at radius 3 is 0.894 bits per heavy atom. The summed E-state index contributed by atoms with van der Waals surface area (Å²) in [6, 6.07) is 20.1. The third-order valence-electron chi connectivity index (χ3n) is 11.5. The van der Waals surface area contributed by atoms with E-state index in [9.17, 15) is 19.2 Å². The summed E-state index contributed by atoms with van der Waals surface area (Å²) in [5.41, 5.74) is 2.41. The summed E-state index contributed by atoms with van der Waals surface area (Å²) in [4.78, 5) is 87.0. The highest BCUT2D eigenvalue weighted by molar-refractivity contribution is 6.35. The maximum Gasteiger partial charge on any atom is 0.233 e. The Kier molecular flexibility index (Phi) is 14.0. The molecule has 0 unspecified atom stereocenters. The first kappa shape index (κ1) is 45.0. The summed E-state index contributed by atoms with van der Waals surface area (Å²) in [5, 5.41) is 19.6. The van der Waals surface area contributed by atoms with Crippen molar-refractivity contribution >= 4 is 70.2 Å². The number of carbonyl (C=O) groups is 4. The SMILES string of the molecule is CCCCNc1nc(NCCCC)nc(Nc2ccc(-c3ccc(Nc4nc(NCCCC)nc(NCCCC)n4)c4c3C(=O)c3ccccc3C4=O)c3c2C(=O)c2ccccc2C3=O)n1. The topological polar surface area (TPSA) is 218 Å². The molecule has 0 spiro atoms. The van der Waals surface area contributed by atoms with Crippen molar-refractivity contribution < 1.29 is 19.2 Å². The van der Waals surface area contributed by atoms with Gasteiger partial charge in [-0.3, -0.25) is 19.2 Å². The number of unbranched alkanes of at least 4 members (excludes halogenated alkanes) is 4. The molecule has 0 atom stereocenters. The van der Waals surface area contributed by atoms with Crippen LogP contribution in [-0.4, -0.2) is 79.2 Å². The van der Waals surface area contributed by atoms with Gasteiger partial charge >= 0.3 is 0 Å². The fourth-order valence-electron chi connectivity index (χ4n) is 8.03. The number of rotatable bonds is 21. The predicted molar refractivity (Wildman–Crippen MR) is 258 cm³/mol. The predicted octanol–water partition coefficient (Wildman–Crippen LogP) is 9.61. The van der Waals surface area contributed by atoms with Crippen LogP contribution in [-0.2, 0) is 0 Å². The van der Waals surface area contributed by atoms with E-state index in [4.69, 9.17) is 0 Å². The summed E-state index contributed by atoms with van der Waals surface area (Å²) < 4.78 is 0. The first-order valence-corrected chi connectivity index (χ1v) is 23.0. The van der Waals surface area contributed by atoms with Gasteiger partial charge in [0.1, 0.15) is 0 Å². The van der Waals surface area contributed by atoms with Gasteiger partial charge in [0.2, 0.25) is 35.7 Å². The molecule has 4 aromatic carbocycles. The molecule has 2 aromatic heterocycles.